The molecule has 7 nitrogen and oxygen atoms in total. The highest BCUT2D eigenvalue weighted by Crippen LogP contribution is 2.32. The van der Waals surface area contributed by atoms with Crippen LogP contribution >= 0.6 is 23.2 Å². The Labute approximate surface area is 175 Å². The molecule has 1 amide bonds. The molecule has 0 saturated carbocycles. The van der Waals surface area contributed by atoms with Gasteiger partial charge in [0.1, 0.15) is 5.75 Å². The van der Waals surface area contributed by atoms with E-state index in [1.165, 1.54) is 12.1 Å². The minimum Gasteiger partial charge on any atom is -0.433 e. The van der Waals surface area contributed by atoms with E-state index in [2.05, 4.69) is 14.8 Å². The Bertz CT molecular complexity index is 1040. The molecule has 1 heterocycles. The Balaban J connectivity index is 1.79. The van der Waals surface area contributed by atoms with Crippen molar-refractivity contribution >= 4 is 50.5 Å². The fourth-order valence-corrected chi connectivity index (χ4v) is 4.39. The molecule has 0 atom stereocenters. The lowest BCUT2D eigenvalue weighted by Gasteiger charge is -2.29. The van der Waals surface area contributed by atoms with E-state index in [0.717, 1.165) is 18.2 Å². The van der Waals surface area contributed by atoms with Crippen LogP contribution in [0.15, 0.2) is 41.3 Å². The molecule has 0 radical (unpaired) electrons. The number of halogens is 4. The summed E-state index contributed by atoms with van der Waals surface area (Å²) in [6, 6.07) is 7.65. The van der Waals surface area contributed by atoms with Crippen LogP contribution in [0.25, 0.3) is 0 Å². The molecule has 0 spiro atoms. The number of alkyl halides is 2. The summed E-state index contributed by atoms with van der Waals surface area (Å²) in [4.78, 5) is 13.1. The third-order valence-electron chi connectivity index (χ3n) is 4.01. The molecular formula is C17H15Cl2F2N3O4S. The minimum absolute atomic E-state index is 0.131. The number of anilines is 2. The Kier molecular flexibility index (Phi) is 6.35. The van der Waals surface area contributed by atoms with Crippen LogP contribution in [0.4, 0.5) is 20.2 Å². The molecular weight excluding hydrogens is 451 g/mol. The molecule has 1 fully saturated rings. The van der Waals surface area contributed by atoms with E-state index in [4.69, 9.17) is 23.2 Å². The number of carbonyl (C=O) groups is 1. The molecule has 0 aliphatic carbocycles. The zero-order valence-electron chi connectivity index (χ0n) is 14.7. The standard InChI is InChI=1S/C17H15Cl2F2N3O4S/c18-12-7-10(1-3-14(12)24-6-5-22-16(25)9-24)23-29(26,27)11-2-4-15(13(19)8-11)28-17(20)21/h1-4,7-8,17,23H,5-6,9H2,(H,22,25). The highest BCUT2D eigenvalue weighted by molar-refractivity contribution is 7.92. The summed E-state index contributed by atoms with van der Waals surface area (Å²) < 4.78 is 56.3. The first kappa shape index (κ1) is 21.4. The molecule has 1 aliphatic rings. The molecule has 0 aromatic heterocycles. The summed E-state index contributed by atoms with van der Waals surface area (Å²) in [7, 11) is -4.06. The number of rotatable bonds is 6. The lowest BCUT2D eigenvalue weighted by molar-refractivity contribution is -0.120. The van der Waals surface area contributed by atoms with Gasteiger partial charge in [0, 0.05) is 13.1 Å². The van der Waals surface area contributed by atoms with E-state index < -0.39 is 16.6 Å². The van der Waals surface area contributed by atoms with Gasteiger partial charge in [-0.3, -0.25) is 9.52 Å². The van der Waals surface area contributed by atoms with Crippen molar-refractivity contribution in [3.8, 4) is 5.75 Å². The number of carbonyl (C=O) groups excluding carboxylic acids is 1. The summed E-state index contributed by atoms with van der Waals surface area (Å²) in [5.41, 5.74) is 0.783. The average molecular weight is 466 g/mol. The van der Waals surface area contributed by atoms with Crippen LogP contribution < -0.4 is 19.7 Å². The Hall–Kier alpha value is -2.30. The predicted molar refractivity (Wildman–Crippen MR) is 106 cm³/mol. The highest BCUT2D eigenvalue weighted by atomic mass is 35.5. The van der Waals surface area contributed by atoms with Gasteiger partial charge in [0.15, 0.2) is 0 Å². The molecule has 29 heavy (non-hydrogen) atoms. The maximum absolute atomic E-state index is 12.6. The van der Waals surface area contributed by atoms with Gasteiger partial charge < -0.3 is 15.0 Å². The van der Waals surface area contributed by atoms with Crippen molar-refractivity contribution in [2.75, 3.05) is 29.3 Å². The Morgan fingerprint density at radius 1 is 1.14 bits per heavy atom. The van der Waals surface area contributed by atoms with Crippen LogP contribution in [-0.2, 0) is 14.8 Å². The molecule has 3 rings (SSSR count). The summed E-state index contributed by atoms with van der Waals surface area (Å²) in [6.45, 7) is -1.88. The fourth-order valence-electron chi connectivity index (χ4n) is 2.73. The third kappa shape index (κ3) is 5.20. The number of nitrogens with one attached hydrogen (secondary N) is 2. The van der Waals surface area contributed by atoms with Crippen molar-refractivity contribution in [2.24, 2.45) is 0 Å². The largest absolute Gasteiger partial charge is 0.433 e. The second-order valence-corrected chi connectivity index (χ2v) is 8.51. The Morgan fingerprint density at radius 3 is 2.52 bits per heavy atom. The molecule has 12 heteroatoms. The SMILES string of the molecule is O=C1CN(c2ccc(NS(=O)(=O)c3ccc(OC(F)F)c(Cl)c3)cc2Cl)CCN1. The van der Waals surface area contributed by atoms with Crippen molar-refractivity contribution < 1.29 is 26.7 Å². The van der Waals surface area contributed by atoms with Crippen molar-refractivity contribution in [3.63, 3.8) is 0 Å². The van der Waals surface area contributed by atoms with Crippen molar-refractivity contribution in [2.45, 2.75) is 11.5 Å². The lowest BCUT2D eigenvalue weighted by atomic mass is 10.2. The number of sulfonamides is 1. The van der Waals surface area contributed by atoms with Crippen LogP contribution in [0.1, 0.15) is 0 Å². The van der Waals surface area contributed by atoms with Crippen molar-refractivity contribution in [3.05, 3.63) is 46.4 Å². The van der Waals surface area contributed by atoms with E-state index in [1.54, 1.807) is 11.0 Å². The predicted octanol–water partition coefficient (Wildman–Crippen LogP) is 3.33. The van der Waals surface area contributed by atoms with Crippen LogP contribution in [0.3, 0.4) is 0 Å². The highest BCUT2D eigenvalue weighted by Gasteiger charge is 2.21. The average Bonchev–Trinajstić information content (AvgIpc) is 2.62. The quantitative estimate of drug-likeness (QED) is 0.682. The first-order valence-corrected chi connectivity index (χ1v) is 10.5. The topological polar surface area (TPSA) is 87.7 Å². The van der Waals surface area contributed by atoms with Crippen LogP contribution in [0.2, 0.25) is 10.0 Å². The van der Waals surface area contributed by atoms with Gasteiger partial charge in [0.2, 0.25) is 5.91 Å². The molecule has 2 N–H and O–H groups in total. The first-order valence-electron chi connectivity index (χ1n) is 8.24. The number of ether oxygens (including phenoxy) is 1. The van der Waals surface area contributed by atoms with Gasteiger partial charge in [0.05, 0.1) is 32.9 Å². The van der Waals surface area contributed by atoms with Gasteiger partial charge in [-0.1, -0.05) is 23.2 Å². The van der Waals surface area contributed by atoms with Crippen LogP contribution in [0.5, 0.6) is 5.75 Å². The van der Waals surface area contributed by atoms with Gasteiger partial charge in [-0.2, -0.15) is 8.78 Å². The van der Waals surface area contributed by atoms with Gasteiger partial charge >= 0.3 is 6.61 Å². The lowest BCUT2D eigenvalue weighted by Crippen LogP contribution is -2.47. The molecule has 2 aromatic carbocycles. The molecule has 1 aliphatic heterocycles. The van der Waals surface area contributed by atoms with E-state index in [9.17, 15) is 22.0 Å². The van der Waals surface area contributed by atoms with Crippen LogP contribution in [0, 0.1) is 0 Å². The zero-order chi connectivity index (χ0) is 21.2. The number of hydrogen-bond acceptors (Lipinski definition) is 5. The van der Waals surface area contributed by atoms with E-state index in [-0.39, 0.29) is 38.8 Å². The van der Waals surface area contributed by atoms with Crippen molar-refractivity contribution in [1.82, 2.24) is 5.32 Å². The second-order valence-electron chi connectivity index (χ2n) is 6.01. The monoisotopic (exact) mass is 465 g/mol. The zero-order valence-corrected chi connectivity index (χ0v) is 17.0. The normalized spacial score (nSPS) is 14.7. The van der Waals surface area contributed by atoms with Gasteiger partial charge in [-0.15, -0.1) is 0 Å². The van der Waals surface area contributed by atoms with Gasteiger partial charge in [-0.25, -0.2) is 8.42 Å². The molecule has 2 aromatic rings. The summed E-state index contributed by atoms with van der Waals surface area (Å²) in [5.74, 6) is -0.466. The van der Waals surface area contributed by atoms with Gasteiger partial charge in [-0.05, 0) is 36.4 Å². The summed E-state index contributed by atoms with van der Waals surface area (Å²) >= 11 is 12.1. The fraction of sp³-hybridized carbons (Fsp3) is 0.235. The maximum atomic E-state index is 12.6. The number of nitrogens with zero attached hydrogens (tertiary/aromatic N) is 1. The number of benzene rings is 2. The maximum Gasteiger partial charge on any atom is 0.387 e. The molecule has 1 saturated heterocycles. The minimum atomic E-state index is -4.06. The number of hydrogen-bond donors (Lipinski definition) is 2. The smallest absolute Gasteiger partial charge is 0.387 e. The van der Waals surface area contributed by atoms with Gasteiger partial charge in [0.25, 0.3) is 10.0 Å². The number of amides is 1. The van der Waals surface area contributed by atoms with E-state index in [1.807, 2.05) is 0 Å². The molecule has 156 valence electrons. The van der Waals surface area contributed by atoms with Crippen molar-refractivity contribution in [1.29, 1.82) is 0 Å². The van der Waals surface area contributed by atoms with E-state index >= 15 is 0 Å². The third-order valence-corrected chi connectivity index (χ3v) is 5.99. The Morgan fingerprint density at radius 2 is 1.90 bits per heavy atom. The van der Waals surface area contributed by atoms with E-state index in [0.29, 0.717) is 18.8 Å². The summed E-state index contributed by atoms with van der Waals surface area (Å²) in [5, 5.41) is 2.69. The van der Waals surface area contributed by atoms with Crippen LogP contribution in [-0.4, -0.2) is 40.6 Å². The molecule has 0 bridgehead atoms. The number of piperazine rings is 1. The second kappa shape index (κ2) is 8.60. The first-order chi connectivity index (χ1) is 13.7. The summed E-state index contributed by atoms with van der Waals surface area (Å²) in [6.07, 6.45) is 0. The molecule has 0 unspecified atom stereocenters.